The van der Waals surface area contributed by atoms with Crippen molar-refractivity contribution in [3.05, 3.63) is 115 Å². The molecule has 0 fully saturated rings. The number of hydrogen-bond acceptors (Lipinski definition) is 0. The van der Waals surface area contributed by atoms with E-state index in [1.54, 1.807) is 0 Å². The maximum absolute atomic E-state index is 2.50. The van der Waals surface area contributed by atoms with Crippen molar-refractivity contribution in [2.75, 3.05) is 0 Å². The van der Waals surface area contributed by atoms with Crippen LogP contribution in [0.25, 0.3) is 32.8 Å². The predicted octanol–water partition coefficient (Wildman–Crippen LogP) is 6.87. The molecule has 0 saturated carbocycles. The SMILES string of the molecule is Cc1ccc(C[n+]2cn(CCCCn3c4ccccc4c4ccccc43)c3ccccc32)cc1. The fraction of sp³-hybridized carbons (Fsp3) is 0.194. The van der Waals surface area contributed by atoms with Gasteiger partial charge < -0.3 is 4.57 Å². The van der Waals surface area contributed by atoms with Gasteiger partial charge in [0.15, 0.2) is 11.0 Å². The maximum Gasteiger partial charge on any atom is 0.245 e. The minimum atomic E-state index is 0.898. The van der Waals surface area contributed by atoms with Gasteiger partial charge in [-0.05, 0) is 49.6 Å². The third-order valence-corrected chi connectivity index (χ3v) is 6.96. The summed E-state index contributed by atoms with van der Waals surface area (Å²) in [5.41, 5.74) is 7.93. The summed E-state index contributed by atoms with van der Waals surface area (Å²) in [6.07, 6.45) is 4.59. The zero-order chi connectivity index (χ0) is 22.9. The van der Waals surface area contributed by atoms with Crippen LogP contribution in [-0.2, 0) is 19.6 Å². The standard InChI is InChI=1S/C31H30N3/c1-24-16-18-25(19-17-24)22-33-23-32(30-14-6-7-15-31(30)33)20-8-9-21-34-28-12-4-2-10-26(28)27-11-3-5-13-29(27)34/h2-7,10-19,23H,8-9,20-22H2,1H3/q+1. The van der Waals surface area contributed by atoms with E-state index in [9.17, 15) is 0 Å². The Morgan fingerprint density at radius 3 is 1.91 bits per heavy atom. The van der Waals surface area contributed by atoms with Crippen molar-refractivity contribution >= 4 is 32.8 Å². The van der Waals surface area contributed by atoms with Crippen LogP contribution in [0, 0.1) is 6.92 Å². The smallest absolute Gasteiger partial charge is 0.245 e. The second-order valence-corrected chi connectivity index (χ2v) is 9.30. The number of aryl methyl sites for hydroxylation is 3. The van der Waals surface area contributed by atoms with Gasteiger partial charge in [0.1, 0.15) is 6.54 Å². The highest BCUT2D eigenvalue weighted by atomic mass is 15.1. The minimum absolute atomic E-state index is 0.898. The molecule has 0 saturated heterocycles. The molecule has 3 heteroatoms. The van der Waals surface area contributed by atoms with Crippen molar-refractivity contribution in [3.8, 4) is 0 Å². The lowest BCUT2D eigenvalue weighted by Crippen LogP contribution is -2.32. The molecule has 0 atom stereocenters. The van der Waals surface area contributed by atoms with Gasteiger partial charge in [0.25, 0.3) is 0 Å². The first-order valence-corrected chi connectivity index (χ1v) is 12.3. The van der Waals surface area contributed by atoms with Crippen molar-refractivity contribution in [2.45, 2.75) is 39.4 Å². The molecule has 34 heavy (non-hydrogen) atoms. The average Bonchev–Trinajstić information content (AvgIpc) is 3.39. The molecule has 6 rings (SSSR count). The van der Waals surface area contributed by atoms with Gasteiger partial charge in [-0.1, -0.05) is 78.4 Å². The van der Waals surface area contributed by atoms with Gasteiger partial charge in [-0.2, -0.15) is 0 Å². The van der Waals surface area contributed by atoms with Crippen LogP contribution >= 0.6 is 0 Å². The molecule has 2 aromatic heterocycles. The summed E-state index contributed by atoms with van der Waals surface area (Å²) in [6.45, 7) is 5.10. The molecule has 168 valence electrons. The molecule has 4 aromatic carbocycles. The van der Waals surface area contributed by atoms with E-state index in [1.165, 1.54) is 44.0 Å². The van der Waals surface area contributed by atoms with E-state index >= 15 is 0 Å². The van der Waals surface area contributed by atoms with Gasteiger partial charge in [0.2, 0.25) is 6.33 Å². The van der Waals surface area contributed by atoms with E-state index in [2.05, 4.69) is 124 Å². The lowest BCUT2D eigenvalue weighted by Gasteiger charge is -2.07. The first-order valence-electron chi connectivity index (χ1n) is 12.3. The fourth-order valence-electron chi connectivity index (χ4n) is 5.23. The minimum Gasteiger partial charge on any atom is -0.340 e. The van der Waals surface area contributed by atoms with E-state index in [0.717, 1.165) is 32.5 Å². The molecule has 0 radical (unpaired) electrons. The van der Waals surface area contributed by atoms with Crippen LogP contribution in [0.5, 0.6) is 0 Å². The highest BCUT2D eigenvalue weighted by Crippen LogP contribution is 2.29. The van der Waals surface area contributed by atoms with Crippen molar-refractivity contribution < 1.29 is 4.57 Å². The number of nitrogens with zero attached hydrogens (tertiary/aromatic N) is 3. The number of imidazole rings is 1. The average molecular weight is 445 g/mol. The summed E-state index contributed by atoms with van der Waals surface area (Å²) in [6, 6.07) is 35.2. The Morgan fingerprint density at radius 2 is 1.21 bits per heavy atom. The zero-order valence-corrected chi connectivity index (χ0v) is 19.7. The van der Waals surface area contributed by atoms with Crippen LogP contribution in [0.2, 0.25) is 0 Å². The Bertz CT molecular complexity index is 1530. The number of unbranched alkanes of at least 4 members (excludes halogenated alkanes) is 1. The summed E-state index contributed by atoms with van der Waals surface area (Å²) in [5, 5.41) is 2.71. The van der Waals surface area contributed by atoms with Crippen LogP contribution < -0.4 is 4.57 Å². The zero-order valence-electron chi connectivity index (χ0n) is 19.7. The van der Waals surface area contributed by atoms with Gasteiger partial charge in [0.05, 0.1) is 6.54 Å². The normalized spacial score (nSPS) is 11.7. The number of aromatic nitrogens is 3. The van der Waals surface area contributed by atoms with Gasteiger partial charge in [0, 0.05) is 28.4 Å². The Labute approximate surface area is 200 Å². The molecule has 0 bridgehead atoms. The first kappa shape index (κ1) is 20.7. The van der Waals surface area contributed by atoms with Crippen LogP contribution in [-0.4, -0.2) is 9.13 Å². The maximum atomic E-state index is 2.50. The second kappa shape index (κ2) is 8.83. The predicted molar refractivity (Wildman–Crippen MR) is 141 cm³/mol. The topological polar surface area (TPSA) is 13.7 Å². The Hall–Kier alpha value is -3.85. The van der Waals surface area contributed by atoms with Gasteiger partial charge in [-0.3, -0.25) is 0 Å². The summed E-state index contributed by atoms with van der Waals surface area (Å²) in [7, 11) is 0. The molecular weight excluding hydrogens is 414 g/mol. The summed E-state index contributed by atoms with van der Waals surface area (Å²) < 4.78 is 7.30. The Balaban J connectivity index is 1.21. The van der Waals surface area contributed by atoms with Gasteiger partial charge in [-0.15, -0.1) is 0 Å². The molecule has 3 nitrogen and oxygen atoms in total. The number of fused-ring (bicyclic) bond motifs is 4. The summed E-state index contributed by atoms with van der Waals surface area (Å²) in [5.74, 6) is 0. The lowest BCUT2D eigenvalue weighted by atomic mass is 10.1. The molecule has 0 aliphatic rings. The van der Waals surface area contributed by atoms with E-state index in [0.29, 0.717) is 0 Å². The largest absolute Gasteiger partial charge is 0.340 e. The van der Waals surface area contributed by atoms with E-state index in [4.69, 9.17) is 0 Å². The molecule has 0 unspecified atom stereocenters. The summed E-state index contributed by atoms with van der Waals surface area (Å²) in [4.78, 5) is 0. The van der Waals surface area contributed by atoms with Crippen molar-refractivity contribution in [2.24, 2.45) is 0 Å². The van der Waals surface area contributed by atoms with Crippen LogP contribution in [0.15, 0.2) is 103 Å². The molecule has 2 heterocycles. The first-order chi connectivity index (χ1) is 16.8. The molecule has 6 aromatic rings. The lowest BCUT2D eigenvalue weighted by molar-refractivity contribution is -0.663. The van der Waals surface area contributed by atoms with Crippen molar-refractivity contribution in [3.63, 3.8) is 0 Å². The van der Waals surface area contributed by atoms with E-state index in [-0.39, 0.29) is 0 Å². The van der Waals surface area contributed by atoms with E-state index < -0.39 is 0 Å². The highest BCUT2D eigenvalue weighted by molar-refractivity contribution is 6.07. The fourth-order valence-corrected chi connectivity index (χ4v) is 5.23. The van der Waals surface area contributed by atoms with Gasteiger partial charge in [-0.25, -0.2) is 9.13 Å². The molecule has 0 aliphatic heterocycles. The van der Waals surface area contributed by atoms with E-state index in [1.807, 2.05) is 0 Å². The van der Waals surface area contributed by atoms with Crippen LogP contribution in [0.4, 0.5) is 0 Å². The van der Waals surface area contributed by atoms with Crippen LogP contribution in [0.1, 0.15) is 24.0 Å². The molecular formula is C31H30N3+. The monoisotopic (exact) mass is 444 g/mol. The summed E-state index contributed by atoms with van der Waals surface area (Å²) >= 11 is 0. The Morgan fingerprint density at radius 1 is 0.618 bits per heavy atom. The third-order valence-electron chi connectivity index (χ3n) is 6.96. The van der Waals surface area contributed by atoms with Crippen molar-refractivity contribution in [1.82, 2.24) is 9.13 Å². The third kappa shape index (κ3) is 3.77. The van der Waals surface area contributed by atoms with Gasteiger partial charge >= 0.3 is 0 Å². The molecule has 0 spiro atoms. The molecule has 0 amide bonds. The second-order valence-electron chi connectivity index (χ2n) is 9.30. The van der Waals surface area contributed by atoms with Crippen LogP contribution in [0.3, 0.4) is 0 Å². The van der Waals surface area contributed by atoms with Crippen molar-refractivity contribution in [1.29, 1.82) is 0 Å². The quantitative estimate of drug-likeness (QED) is 0.188. The molecule has 0 aliphatic carbocycles. The molecule has 0 N–H and O–H groups in total. The number of rotatable bonds is 7. The number of hydrogen-bond donors (Lipinski definition) is 0. The number of benzene rings is 4. The number of para-hydroxylation sites is 4. The highest BCUT2D eigenvalue weighted by Gasteiger charge is 2.15. The Kier molecular flexibility index (Phi) is 5.38.